The summed E-state index contributed by atoms with van der Waals surface area (Å²) in [6.45, 7) is 4.71. The quantitative estimate of drug-likeness (QED) is 0.870. The Morgan fingerprint density at radius 1 is 1.35 bits per heavy atom. The van der Waals surface area contributed by atoms with Crippen LogP contribution in [0, 0.1) is 12.7 Å². The van der Waals surface area contributed by atoms with Gasteiger partial charge in [0.05, 0.1) is 5.69 Å². The summed E-state index contributed by atoms with van der Waals surface area (Å²) in [5.74, 6) is 0.674. The summed E-state index contributed by atoms with van der Waals surface area (Å²) in [6, 6.07) is 4.47. The van der Waals surface area contributed by atoms with Gasteiger partial charge >= 0.3 is 0 Å². The zero-order chi connectivity index (χ0) is 14.5. The molecule has 0 saturated carbocycles. The molecule has 0 amide bonds. The Morgan fingerprint density at radius 3 is 2.85 bits per heavy atom. The van der Waals surface area contributed by atoms with Crippen LogP contribution in [-0.4, -0.2) is 16.5 Å². The third-order valence-electron chi connectivity index (χ3n) is 2.69. The van der Waals surface area contributed by atoms with Gasteiger partial charge in [0, 0.05) is 23.3 Å². The molecule has 1 aromatic heterocycles. The molecule has 0 aliphatic rings. The normalized spacial score (nSPS) is 10.4. The Labute approximate surface area is 122 Å². The van der Waals surface area contributed by atoms with Crippen molar-refractivity contribution in [3.8, 4) is 0 Å². The van der Waals surface area contributed by atoms with Crippen molar-refractivity contribution in [3.05, 3.63) is 40.8 Å². The number of aryl methyl sites for hydroxylation is 1. The van der Waals surface area contributed by atoms with Gasteiger partial charge in [-0.3, -0.25) is 0 Å². The number of aromatic nitrogens is 2. The number of hydrogen-bond donors (Lipinski definition) is 2. The van der Waals surface area contributed by atoms with Crippen molar-refractivity contribution >= 4 is 29.1 Å². The third kappa shape index (κ3) is 3.57. The highest BCUT2D eigenvalue weighted by molar-refractivity contribution is 6.30. The van der Waals surface area contributed by atoms with Gasteiger partial charge in [0.1, 0.15) is 11.6 Å². The van der Waals surface area contributed by atoms with E-state index in [0.717, 1.165) is 18.5 Å². The maximum Gasteiger partial charge on any atom is 0.224 e. The van der Waals surface area contributed by atoms with Crippen LogP contribution in [-0.2, 0) is 0 Å². The zero-order valence-electron chi connectivity index (χ0n) is 11.4. The Morgan fingerprint density at radius 2 is 2.15 bits per heavy atom. The van der Waals surface area contributed by atoms with E-state index in [1.54, 1.807) is 18.3 Å². The Bertz CT molecular complexity index is 604. The summed E-state index contributed by atoms with van der Waals surface area (Å²) in [5.41, 5.74) is 1.17. The van der Waals surface area contributed by atoms with E-state index in [1.807, 2.05) is 6.92 Å². The first-order valence-electron chi connectivity index (χ1n) is 6.39. The highest BCUT2D eigenvalue weighted by atomic mass is 35.5. The lowest BCUT2D eigenvalue weighted by Crippen LogP contribution is -2.07. The van der Waals surface area contributed by atoms with Crippen molar-refractivity contribution in [2.24, 2.45) is 0 Å². The summed E-state index contributed by atoms with van der Waals surface area (Å²) >= 11 is 5.73. The number of hydrogen-bond acceptors (Lipinski definition) is 4. The molecular formula is C14H16ClFN4. The Kier molecular flexibility index (Phi) is 4.74. The fourth-order valence-corrected chi connectivity index (χ4v) is 1.77. The average molecular weight is 295 g/mol. The predicted octanol–water partition coefficient (Wildman–Crippen LogP) is 4.14. The fourth-order valence-electron chi connectivity index (χ4n) is 1.61. The van der Waals surface area contributed by atoms with Gasteiger partial charge in [0.2, 0.25) is 5.95 Å². The van der Waals surface area contributed by atoms with E-state index in [9.17, 15) is 4.39 Å². The van der Waals surface area contributed by atoms with Crippen LogP contribution in [0.2, 0.25) is 5.02 Å². The lowest BCUT2D eigenvalue weighted by Gasteiger charge is -2.11. The topological polar surface area (TPSA) is 49.8 Å². The molecule has 6 heteroatoms. The molecule has 2 aromatic rings. The van der Waals surface area contributed by atoms with Crippen molar-refractivity contribution in [1.82, 2.24) is 9.97 Å². The highest BCUT2D eigenvalue weighted by Gasteiger charge is 2.08. The lowest BCUT2D eigenvalue weighted by atomic mass is 10.3. The lowest BCUT2D eigenvalue weighted by molar-refractivity contribution is 0.632. The first kappa shape index (κ1) is 14.5. The number of nitrogens with one attached hydrogen (secondary N) is 2. The molecule has 0 aliphatic heterocycles. The van der Waals surface area contributed by atoms with E-state index >= 15 is 0 Å². The molecule has 2 rings (SSSR count). The number of rotatable bonds is 5. The van der Waals surface area contributed by atoms with E-state index in [0.29, 0.717) is 22.5 Å². The molecule has 0 atom stereocenters. The van der Waals surface area contributed by atoms with Crippen molar-refractivity contribution in [2.75, 3.05) is 17.2 Å². The van der Waals surface area contributed by atoms with Gasteiger partial charge in [0.15, 0.2) is 0 Å². The largest absolute Gasteiger partial charge is 0.354 e. The summed E-state index contributed by atoms with van der Waals surface area (Å²) in [5, 5.41) is 6.41. The van der Waals surface area contributed by atoms with Gasteiger partial charge in [-0.15, -0.1) is 0 Å². The molecule has 0 aliphatic carbocycles. The Balaban J connectivity index is 2.23. The van der Waals surface area contributed by atoms with E-state index in [1.165, 1.54) is 6.07 Å². The van der Waals surface area contributed by atoms with Crippen LogP contribution in [0.15, 0.2) is 24.4 Å². The molecular weight excluding hydrogens is 279 g/mol. The molecule has 20 heavy (non-hydrogen) atoms. The second-order valence-electron chi connectivity index (χ2n) is 4.40. The number of anilines is 3. The third-order valence-corrected chi connectivity index (χ3v) is 2.92. The molecule has 4 nitrogen and oxygen atoms in total. The van der Waals surface area contributed by atoms with Crippen molar-refractivity contribution in [3.63, 3.8) is 0 Å². The van der Waals surface area contributed by atoms with Crippen LogP contribution < -0.4 is 10.6 Å². The van der Waals surface area contributed by atoms with Crippen molar-refractivity contribution in [1.29, 1.82) is 0 Å². The van der Waals surface area contributed by atoms with E-state index in [-0.39, 0.29) is 0 Å². The van der Waals surface area contributed by atoms with Gasteiger partial charge < -0.3 is 10.6 Å². The minimum atomic E-state index is -0.418. The second-order valence-corrected chi connectivity index (χ2v) is 4.84. The van der Waals surface area contributed by atoms with Crippen LogP contribution >= 0.6 is 11.6 Å². The predicted molar refractivity (Wildman–Crippen MR) is 80.2 cm³/mol. The van der Waals surface area contributed by atoms with Crippen LogP contribution in [0.4, 0.5) is 21.8 Å². The summed E-state index contributed by atoms with van der Waals surface area (Å²) in [7, 11) is 0. The maximum absolute atomic E-state index is 13.8. The summed E-state index contributed by atoms with van der Waals surface area (Å²) in [4.78, 5) is 8.51. The molecule has 0 spiro atoms. The molecule has 0 unspecified atom stereocenters. The number of benzene rings is 1. The standard InChI is InChI=1S/C14H16ClFN4/c1-3-6-17-14-18-8-9(2)13(20-14)19-12-5-4-10(15)7-11(12)16/h4-5,7-8H,3,6H2,1-2H3,(H2,17,18,19,20). The Hall–Kier alpha value is -1.88. The minimum Gasteiger partial charge on any atom is -0.354 e. The van der Waals surface area contributed by atoms with Crippen molar-refractivity contribution in [2.45, 2.75) is 20.3 Å². The molecule has 106 valence electrons. The van der Waals surface area contributed by atoms with Gasteiger partial charge in [-0.2, -0.15) is 4.98 Å². The average Bonchev–Trinajstić information content (AvgIpc) is 2.42. The second kappa shape index (κ2) is 6.52. The molecule has 0 saturated heterocycles. The zero-order valence-corrected chi connectivity index (χ0v) is 12.1. The summed E-state index contributed by atoms with van der Waals surface area (Å²) in [6.07, 6.45) is 2.67. The van der Waals surface area contributed by atoms with Crippen molar-refractivity contribution < 1.29 is 4.39 Å². The maximum atomic E-state index is 13.8. The van der Waals surface area contributed by atoms with Crippen LogP contribution in [0.25, 0.3) is 0 Å². The van der Waals surface area contributed by atoms with E-state index in [4.69, 9.17) is 11.6 Å². The van der Waals surface area contributed by atoms with Crippen LogP contribution in [0.3, 0.4) is 0 Å². The van der Waals surface area contributed by atoms with Crippen LogP contribution in [0.1, 0.15) is 18.9 Å². The van der Waals surface area contributed by atoms with E-state index in [2.05, 4.69) is 27.5 Å². The molecule has 0 radical (unpaired) electrons. The monoisotopic (exact) mass is 294 g/mol. The van der Waals surface area contributed by atoms with Gasteiger partial charge in [-0.1, -0.05) is 18.5 Å². The smallest absolute Gasteiger partial charge is 0.224 e. The number of halogens is 2. The molecule has 2 N–H and O–H groups in total. The SMILES string of the molecule is CCCNc1ncc(C)c(Nc2ccc(Cl)cc2F)n1. The van der Waals surface area contributed by atoms with Crippen LogP contribution in [0.5, 0.6) is 0 Å². The molecule has 0 bridgehead atoms. The van der Waals surface area contributed by atoms with E-state index < -0.39 is 5.82 Å². The minimum absolute atomic E-state index is 0.331. The molecule has 1 heterocycles. The van der Waals surface area contributed by atoms with Gasteiger partial charge in [-0.25, -0.2) is 9.37 Å². The van der Waals surface area contributed by atoms with Gasteiger partial charge in [-0.05, 0) is 31.5 Å². The first-order chi connectivity index (χ1) is 9.60. The number of nitrogens with zero attached hydrogens (tertiary/aromatic N) is 2. The summed E-state index contributed by atoms with van der Waals surface area (Å²) < 4.78 is 13.8. The molecule has 1 aromatic carbocycles. The molecule has 0 fully saturated rings. The highest BCUT2D eigenvalue weighted by Crippen LogP contribution is 2.24. The van der Waals surface area contributed by atoms with Gasteiger partial charge in [0.25, 0.3) is 0 Å². The first-order valence-corrected chi connectivity index (χ1v) is 6.77. The fraction of sp³-hybridized carbons (Fsp3) is 0.286.